The summed E-state index contributed by atoms with van der Waals surface area (Å²) in [6.45, 7) is 0. The van der Waals surface area contributed by atoms with Crippen LogP contribution in [0, 0.1) is 17.8 Å². The Morgan fingerprint density at radius 3 is 2.49 bits per heavy atom. The van der Waals surface area contributed by atoms with Gasteiger partial charge in [0.15, 0.2) is 6.10 Å². The van der Waals surface area contributed by atoms with Gasteiger partial charge in [-0.1, -0.05) is 68.7 Å². The van der Waals surface area contributed by atoms with Gasteiger partial charge in [0.25, 0.3) is 5.91 Å². The molecule has 6 rings (SSSR count). The third-order valence-corrected chi connectivity index (χ3v) is 12.7. The molecule has 12 heteroatoms. The topological polar surface area (TPSA) is 146 Å². The number of amides is 4. The fourth-order valence-electron chi connectivity index (χ4n) is 8.67. The maximum atomic E-state index is 14.1. The molecule has 49 heavy (non-hydrogen) atoms. The average Bonchev–Trinajstić information content (AvgIpc) is 3.45. The van der Waals surface area contributed by atoms with Crippen LogP contribution in [0.2, 0.25) is 5.02 Å². The summed E-state index contributed by atoms with van der Waals surface area (Å²) in [5, 5.41) is 20.4. The van der Waals surface area contributed by atoms with Gasteiger partial charge >= 0.3 is 6.09 Å². The molecule has 4 aliphatic carbocycles. The maximum Gasteiger partial charge on any atom is 0.417 e. The van der Waals surface area contributed by atoms with Crippen LogP contribution in [0.5, 0.6) is 0 Å². The van der Waals surface area contributed by atoms with Gasteiger partial charge < -0.3 is 25.8 Å². The van der Waals surface area contributed by atoms with E-state index < -0.39 is 35.3 Å². The van der Waals surface area contributed by atoms with Crippen molar-refractivity contribution in [3.63, 3.8) is 0 Å². The molecule has 4 saturated carbocycles. The minimum Gasteiger partial charge on any atom is -0.445 e. The summed E-state index contributed by atoms with van der Waals surface area (Å²) in [4.78, 5) is 53.4. The molecule has 10 nitrogen and oxygen atoms in total. The lowest BCUT2D eigenvalue weighted by molar-refractivity contribution is -0.133. The number of carbonyl (C=O) groups excluding carboxylic acids is 4. The average molecular weight is 717 g/mol. The van der Waals surface area contributed by atoms with E-state index in [-0.39, 0.29) is 41.8 Å². The first-order valence-electron chi connectivity index (χ1n) is 18.6. The van der Waals surface area contributed by atoms with Crippen molar-refractivity contribution in [1.82, 2.24) is 20.7 Å². The highest BCUT2D eigenvalue weighted by Crippen LogP contribution is 2.41. The fraction of sp³-hybridized carbons (Fsp3) is 0.730. The number of ether oxygens (including phenoxy) is 1. The minimum absolute atomic E-state index is 0.0461. The summed E-state index contributed by atoms with van der Waals surface area (Å²) in [5.41, 5.74) is 0.899. The van der Waals surface area contributed by atoms with Crippen LogP contribution < -0.4 is 20.7 Å². The molecule has 5 aliphatic rings. The number of nitrogens with one attached hydrogen (secondary N) is 4. The first kappa shape index (κ1) is 36.3. The summed E-state index contributed by atoms with van der Waals surface area (Å²) in [5.74, 6) is -0.840. The van der Waals surface area contributed by atoms with E-state index in [0.29, 0.717) is 23.8 Å². The first-order chi connectivity index (χ1) is 23.7. The Morgan fingerprint density at radius 1 is 0.980 bits per heavy atom. The van der Waals surface area contributed by atoms with Crippen molar-refractivity contribution < 1.29 is 29.0 Å². The van der Waals surface area contributed by atoms with Crippen LogP contribution in [0.3, 0.4) is 0 Å². The van der Waals surface area contributed by atoms with E-state index >= 15 is 0 Å². The van der Waals surface area contributed by atoms with Gasteiger partial charge in [0.05, 0.1) is 6.04 Å². The number of rotatable bonds is 14. The van der Waals surface area contributed by atoms with Crippen LogP contribution in [-0.4, -0.2) is 64.0 Å². The van der Waals surface area contributed by atoms with Crippen LogP contribution >= 0.6 is 23.5 Å². The van der Waals surface area contributed by atoms with Crippen molar-refractivity contribution >= 4 is 47.4 Å². The van der Waals surface area contributed by atoms with Crippen LogP contribution in [0.1, 0.15) is 115 Å². The highest BCUT2D eigenvalue weighted by atomic mass is 35.5. The zero-order valence-corrected chi connectivity index (χ0v) is 30.0. The molecule has 1 spiro atoms. The fourth-order valence-corrected chi connectivity index (χ4v) is 9.71. The van der Waals surface area contributed by atoms with Gasteiger partial charge in [-0.3, -0.25) is 19.1 Å². The van der Waals surface area contributed by atoms with Gasteiger partial charge in [-0.2, -0.15) is 0 Å². The van der Waals surface area contributed by atoms with E-state index in [1.165, 1.54) is 6.42 Å². The summed E-state index contributed by atoms with van der Waals surface area (Å²) in [6, 6.07) is 6.88. The molecule has 1 aromatic rings. The van der Waals surface area contributed by atoms with Crippen molar-refractivity contribution in [2.45, 2.75) is 151 Å². The predicted octanol–water partition coefficient (Wildman–Crippen LogP) is 5.73. The highest BCUT2D eigenvalue weighted by Gasteiger charge is 2.47. The number of benzene rings is 1. The molecule has 1 aliphatic heterocycles. The quantitative estimate of drug-likeness (QED) is 0.155. The Labute approximate surface area is 299 Å². The van der Waals surface area contributed by atoms with Crippen molar-refractivity contribution in [3.05, 3.63) is 34.9 Å². The zero-order chi connectivity index (χ0) is 34.4. The van der Waals surface area contributed by atoms with Crippen LogP contribution in [-0.2, 0) is 25.5 Å². The number of hydrogen-bond acceptors (Lipinski definition) is 7. The van der Waals surface area contributed by atoms with E-state index in [1.807, 2.05) is 24.3 Å². The molecule has 4 amide bonds. The molecule has 1 heterocycles. The second-order valence-corrected chi connectivity index (χ2v) is 16.8. The van der Waals surface area contributed by atoms with Crippen LogP contribution in [0.15, 0.2) is 24.3 Å². The molecule has 6 atom stereocenters. The smallest absolute Gasteiger partial charge is 0.417 e. The number of hydrogen-bond donors (Lipinski definition) is 5. The Morgan fingerprint density at radius 2 is 1.76 bits per heavy atom. The lowest BCUT2D eigenvalue weighted by Crippen LogP contribution is -2.54. The molecule has 0 bridgehead atoms. The molecular formula is C37H53ClN4O6S. The Bertz CT molecular complexity index is 1330. The summed E-state index contributed by atoms with van der Waals surface area (Å²) in [6.07, 6.45) is 13.7. The molecule has 5 fully saturated rings. The van der Waals surface area contributed by atoms with Crippen LogP contribution in [0.4, 0.5) is 4.79 Å². The molecular weight excluding hydrogens is 664 g/mol. The van der Waals surface area contributed by atoms with E-state index in [0.717, 1.165) is 107 Å². The second kappa shape index (κ2) is 16.7. The van der Waals surface area contributed by atoms with Crippen molar-refractivity contribution in [1.29, 1.82) is 0 Å². The SMILES string of the molecule is O=C(NS[C@@H](CC1CCCCC1)C(=O)NC(CC1CC2(CCCC2)NC1=O)C(O)C(=O)NC1CC1)OC1CCCC1Cc1cccc(Cl)c1. The van der Waals surface area contributed by atoms with Gasteiger partial charge in [0, 0.05) is 28.4 Å². The molecule has 1 saturated heterocycles. The molecule has 5 unspecified atom stereocenters. The van der Waals surface area contributed by atoms with Crippen molar-refractivity contribution in [2.24, 2.45) is 17.8 Å². The van der Waals surface area contributed by atoms with Gasteiger partial charge in [-0.15, -0.1) is 0 Å². The monoisotopic (exact) mass is 716 g/mol. The lowest BCUT2D eigenvalue weighted by Gasteiger charge is -2.30. The highest BCUT2D eigenvalue weighted by molar-refractivity contribution is 7.99. The molecule has 0 aromatic heterocycles. The maximum absolute atomic E-state index is 14.1. The zero-order valence-electron chi connectivity index (χ0n) is 28.4. The van der Waals surface area contributed by atoms with E-state index in [4.69, 9.17) is 16.3 Å². The van der Waals surface area contributed by atoms with Gasteiger partial charge in [-0.05, 0) is 106 Å². The summed E-state index contributed by atoms with van der Waals surface area (Å²) < 4.78 is 8.73. The number of carbonyl (C=O) groups is 4. The molecule has 1 aromatic carbocycles. The lowest BCUT2D eigenvalue weighted by atomic mass is 9.85. The summed E-state index contributed by atoms with van der Waals surface area (Å²) in [7, 11) is 0. The van der Waals surface area contributed by atoms with E-state index in [1.54, 1.807) is 0 Å². The Hall–Kier alpha value is -2.50. The van der Waals surface area contributed by atoms with Crippen molar-refractivity contribution in [2.75, 3.05) is 0 Å². The first-order valence-corrected chi connectivity index (χ1v) is 19.9. The Kier molecular flexibility index (Phi) is 12.4. The Balaban J connectivity index is 1.10. The van der Waals surface area contributed by atoms with Gasteiger partial charge in [0.2, 0.25) is 11.8 Å². The van der Waals surface area contributed by atoms with Crippen LogP contribution in [0.25, 0.3) is 0 Å². The van der Waals surface area contributed by atoms with Gasteiger partial charge in [-0.25, -0.2) is 4.79 Å². The van der Waals surface area contributed by atoms with E-state index in [2.05, 4.69) is 20.7 Å². The van der Waals surface area contributed by atoms with Gasteiger partial charge in [0.1, 0.15) is 11.4 Å². The largest absolute Gasteiger partial charge is 0.445 e. The summed E-state index contributed by atoms with van der Waals surface area (Å²) >= 11 is 7.24. The normalized spacial score (nSPS) is 26.9. The molecule has 0 radical (unpaired) electrons. The molecule has 270 valence electrons. The number of halogens is 1. The predicted molar refractivity (Wildman–Crippen MR) is 190 cm³/mol. The minimum atomic E-state index is -1.49. The number of aliphatic hydroxyl groups is 1. The standard InChI is InChI=1S/C37H53ClN4O6S/c38-27-12-6-10-24(19-27)18-25-11-7-13-30(25)48-36(47)42-49-31(20-23-8-2-1-3-9-23)34(45)40-29(32(43)35(46)39-28-14-15-28)21-26-22-37(41-33(26)44)16-4-5-17-37/h6,10,12,19,23,25-26,28-32,43H,1-5,7-9,11,13-18,20-22H2,(H,39,46)(H,40,45)(H,41,44)(H,42,47)/t25?,26?,29?,30?,31-,32?/m0/s1. The molecule has 5 N–H and O–H groups in total. The van der Waals surface area contributed by atoms with E-state index in [9.17, 15) is 24.3 Å². The third-order valence-electron chi connectivity index (χ3n) is 11.5. The number of aliphatic hydroxyl groups excluding tert-OH is 1. The van der Waals surface area contributed by atoms with Crippen molar-refractivity contribution in [3.8, 4) is 0 Å². The third kappa shape index (κ3) is 10.1. The second-order valence-electron chi connectivity index (χ2n) is 15.4.